The van der Waals surface area contributed by atoms with Gasteiger partial charge in [0, 0.05) is 6.42 Å². The number of carbonyl (C=O) groups is 1. The van der Waals surface area contributed by atoms with Gasteiger partial charge in [0.25, 0.3) is 0 Å². The summed E-state index contributed by atoms with van der Waals surface area (Å²) in [5, 5.41) is 54.7. The largest absolute Gasteiger partial charge is 0.394 e. The zero-order chi connectivity index (χ0) is 58.6. The number of aliphatic hydroxyl groups is 5. The summed E-state index contributed by atoms with van der Waals surface area (Å²) < 4.78 is 11.3. The molecule has 1 amide bonds. The van der Waals surface area contributed by atoms with Gasteiger partial charge in [0.05, 0.1) is 25.4 Å². The Bertz CT molecular complexity index is 1600. The molecule has 81 heavy (non-hydrogen) atoms. The molecule has 0 aromatic rings. The van der Waals surface area contributed by atoms with E-state index in [9.17, 15) is 30.3 Å². The van der Waals surface area contributed by atoms with Gasteiger partial charge in [-0.3, -0.25) is 4.79 Å². The maximum atomic E-state index is 13.1. The van der Waals surface area contributed by atoms with Gasteiger partial charge in [-0.1, -0.05) is 297 Å². The molecule has 7 atom stereocenters. The second kappa shape index (κ2) is 60.2. The van der Waals surface area contributed by atoms with Crippen molar-refractivity contribution in [3.8, 4) is 0 Å². The number of nitrogens with one attached hydrogen (secondary N) is 1. The van der Waals surface area contributed by atoms with Crippen LogP contribution in [0.1, 0.15) is 296 Å². The molecule has 0 bridgehead atoms. The zero-order valence-electron chi connectivity index (χ0n) is 52.3. The predicted octanol–water partition coefficient (Wildman–Crippen LogP) is 18.3. The maximum Gasteiger partial charge on any atom is 0.220 e. The summed E-state index contributed by atoms with van der Waals surface area (Å²) in [5.41, 5.74) is 0. The summed E-state index contributed by atoms with van der Waals surface area (Å²) in [6.45, 7) is 3.67. The van der Waals surface area contributed by atoms with Crippen molar-refractivity contribution in [1.29, 1.82) is 0 Å². The molecule has 1 saturated heterocycles. The average Bonchev–Trinajstić information content (AvgIpc) is 3.50. The van der Waals surface area contributed by atoms with E-state index in [0.29, 0.717) is 6.42 Å². The number of hydrogen-bond acceptors (Lipinski definition) is 8. The molecule has 0 spiro atoms. The molecule has 9 heteroatoms. The summed E-state index contributed by atoms with van der Waals surface area (Å²) in [5.74, 6) is -0.190. The molecule has 1 fully saturated rings. The van der Waals surface area contributed by atoms with E-state index in [1.807, 2.05) is 6.08 Å². The number of rotatable bonds is 58. The lowest BCUT2D eigenvalue weighted by Crippen LogP contribution is -2.60. The van der Waals surface area contributed by atoms with Crippen LogP contribution in [-0.2, 0) is 14.3 Å². The second-order valence-corrected chi connectivity index (χ2v) is 23.2. The SMILES string of the molecule is CC/C=C\C/C=C\C/C=C\C/C=C\C/C=C\CCCCCCCCCCCCCCCCCCCC(=O)NC(COC1OC(CO)C(O)C(O)C1O)C(O)/C=C/CC/C=C/CC/C=C/CCCCCCCCCCCCCCCCC. The second-order valence-electron chi connectivity index (χ2n) is 23.2. The van der Waals surface area contributed by atoms with E-state index in [4.69, 9.17) is 9.47 Å². The van der Waals surface area contributed by atoms with Crippen LogP contribution in [0.25, 0.3) is 0 Å². The van der Waals surface area contributed by atoms with Gasteiger partial charge in [-0.05, 0) is 89.9 Å². The molecule has 0 saturated carbocycles. The van der Waals surface area contributed by atoms with Crippen LogP contribution in [0.5, 0.6) is 0 Å². The monoisotopic (exact) mass is 1130 g/mol. The van der Waals surface area contributed by atoms with E-state index in [2.05, 4.69) is 104 Å². The van der Waals surface area contributed by atoms with Gasteiger partial charge >= 0.3 is 0 Å². The highest BCUT2D eigenvalue weighted by Gasteiger charge is 2.44. The van der Waals surface area contributed by atoms with Crippen molar-refractivity contribution in [1.82, 2.24) is 5.32 Å². The van der Waals surface area contributed by atoms with E-state index in [-0.39, 0.29) is 12.5 Å². The summed E-state index contributed by atoms with van der Waals surface area (Å²) in [6, 6.07) is -0.834. The molecular formula is C72H127NO8. The smallest absolute Gasteiger partial charge is 0.220 e. The van der Waals surface area contributed by atoms with Crippen LogP contribution in [0.2, 0.25) is 0 Å². The van der Waals surface area contributed by atoms with Gasteiger partial charge in [-0.2, -0.15) is 0 Å². The molecule has 6 N–H and O–H groups in total. The van der Waals surface area contributed by atoms with Crippen LogP contribution in [0.4, 0.5) is 0 Å². The fourth-order valence-electron chi connectivity index (χ4n) is 10.3. The fraction of sp³-hybridized carbons (Fsp3) is 0.764. The quantitative estimate of drug-likeness (QED) is 0.0261. The highest BCUT2D eigenvalue weighted by atomic mass is 16.7. The van der Waals surface area contributed by atoms with Crippen LogP contribution >= 0.6 is 0 Å². The van der Waals surface area contributed by atoms with E-state index in [1.54, 1.807) is 6.08 Å². The van der Waals surface area contributed by atoms with Gasteiger partial charge in [-0.15, -0.1) is 0 Å². The van der Waals surface area contributed by atoms with E-state index in [1.165, 1.54) is 199 Å². The standard InChI is InChI=1S/C72H127NO8/c1-3-5-7-9-11-13-15-17-19-21-23-25-27-29-30-31-32-33-34-35-36-38-40-42-44-46-48-50-52-54-56-58-60-62-68(76)73-65(64-80-72-71(79)70(78)69(77)67(63-74)81-72)66(75)61-59-57-55-53-51-49-47-45-43-41-39-37-28-26-24-22-20-18-16-14-12-10-8-6-4-2/h5,7,11,13,17,19,23,25,29-30,43,45,51,53,59,61,65-67,69-72,74-75,77-79H,3-4,6,8-10,12,14-16,18,20-22,24,26-28,31-42,44,46-50,52,54-58,60,62-64H2,1-2H3,(H,73,76)/b7-5-,13-11-,19-17-,25-23-,30-29-,45-43+,53-51+,61-59+. The highest BCUT2D eigenvalue weighted by molar-refractivity contribution is 5.76. The van der Waals surface area contributed by atoms with Crippen molar-refractivity contribution in [2.45, 2.75) is 339 Å². The Morgan fingerprint density at radius 3 is 1.19 bits per heavy atom. The number of aliphatic hydroxyl groups excluding tert-OH is 5. The lowest BCUT2D eigenvalue weighted by molar-refractivity contribution is -0.302. The Kier molecular flexibility index (Phi) is 56.6. The third-order valence-corrected chi connectivity index (χ3v) is 15.6. The number of amides is 1. The van der Waals surface area contributed by atoms with Gasteiger partial charge < -0.3 is 40.3 Å². The van der Waals surface area contributed by atoms with Crippen LogP contribution < -0.4 is 5.32 Å². The number of unbranched alkanes of at least 4 members (excludes halogenated alkanes) is 34. The van der Waals surface area contributed by atoms with Crippen molar-refractivity contribution < 1.29 is 39.8 Å². The minimum Gasteiger partial charge on any atom is -0.394 e. The topological polar surface area (TPSA) is 149 Å². The Morgan fingerprint density at radius 2 is 0.778 bits per heavy atom. The Labute approximate surface area is 498 Å². The third kappa shape index (κ3) is 49.1. The molecule has 9 nitrogen and oxygen atoms in total. The van der Waals surface area contributed by atoms with Crippen LogP contribution in [0.15, 0.2) is 97.2 Å². The van der Waals surface area contributed by atoms with Crippen LogP contribution in [-0.4, -0.2) is 87.5 Å². The zero-order valence-corrected chi connectivity index (χ0v) is 52.3. The predicted molar refractivity (Wildman–Crippen MR) is 345 cm³/mol. The highest BCUT2D eigenvalue weighted by Crippen LogP contribution is 2.23. The first-order chi connectivity index (χ1) is 39.8. The Morgan fingerprint density at radius 1 is 0.432 bits per heavy atom. The number of allylic oxidation sites excluding steroid dienone is 15. The molecule has 7 unspecified atom stereocenters. The lowest BCUT2D eigenvalue weighted by atomic mass is 9.99. The van der Waals surface area contributed by atoms with Crippen LogP contribution in [0.3, 0.4) is 0 Å². The number of hydrogen-bond donors (Lipinski definition) is 6. The molecule has 0 aromatic carbocycles. The summed E-state index contributed by atoms with van der Waals surface area (Å²) in [4.78, 5) is 13.1. The minimum atomic E-state index is -1.58. The summed E-state index contributed by atoms with van der Waals surface area (Å²) >= 11 is 0. The van der Waals surface area contributed by atoms with Gasteiger partial charge in [-0.25, -0.2) is 0 Å². The molecule has 0 aromatic heterocycles. The third-order valence-electron chi connectivity index (χ3n) is 15.6. The Hall–Kier alpha value is -2.89. The number of ether oxygens (including phenoxy) is 2. The van der Waals surface area contributed by atoms with Crippen molar-refractivity contribution in [2.75, 3.05) is 13.2 Å². The van der Waals surface area contributed by atoms with Gasteiger partial charge in [0.2, 0.25) is 5.91 Å². The summed E-state index contributed by atoms with van der Waals surface area (Å²) in [6.07, 6.45) is 80.8. The first-order valence-electron chi connectivity index (χ1n) is 34.0. The van der Waals surface area contributed by atoms with Gasteiger partial charge in [0.1, 0.15) is 24.4 Å². The first kappa shape index (κ1) is 76.1. The molecule has 468 valence electrons. The molecule has 1 aliphatic heterocycles. The molecule has 0 radical (unpaired) electrons. The Balaban J connectivity index is 2.17. The van der Waals surface area contributed by atoms with Gasteiger partial charge in [0.15, 0.2) is 6.29 Å². The number of carbonyl (C=O) groups excluding carboxylic acids is 1. The molecular weight excluding hydrogens is 1010 g/mol. The summed E-state index contributed by atoms with van der Waals surface area (Å²) in [7, 11) is 0. The normalized spacial score (nSPS) is 19.0. The fourth-order valence-corrected chi connectivity index (χ4v) is 10.3. The van der Waals surface area contributed by atoms with Crippen molar-refractivity contribution >= 4 is 5.91 Å². The lowest BCUT2D eigenvalue weighted by Gasteiger charge is -2.40. The molecule has 1 aliphatic rings. The van der Waals surface area contributed by atoms with Crippen molar-refractivity contribution in [3.63, 3.8) is 0 Å². The van der Waals surface area contributed by atoms with E-state index >= 15 is 0 Å². The maximum absolute atomic E-state index is 13.1. The van der Waals surface area contributed by atoms with Crippen molar-refractivity contribution in [2.24, 2.45) is 0 Å². The van der Waals surface area contributed by atoms with E-state index < -0.39 is 49.5 Å². The first-order valence-corrected chi connectivity index (χ1v) is 34.0. The molecule has 1 rings (SSSR count). The van der Waals surface area contributed by atoms with Crippen molar-refractivity contribution in [3.05, 3.63) is 97.2 Å². The molecule has 0 aliphatic carbocycles. The van der Waals surface area contributed by atoms with E-state index in [0.717, 1.165) is 77.0 Å². The van der Waals surface area contributed by atoms with Crippen LogP contribution in [0, 0.1) is 0 Å². The average molecular weight is 1130 g/mol. The molecule has 1 heterocycles. The minimum absolute atomic E-state index is 0.190.